The van der Waals surface area contributed by atoms with E-state index >= 15 is 0 Å². The summed E-state index contributed by atoms with van der Waals surface area (Å²) in [4.78, 5) is 8.71. The zero-order chi connectivity index (χ0) is 13.0. The van der Waals surface area contributed by atoms with Gasteiger partial charge in [-0.05, 0) is 26.8 Å². The minimum atomic E-state index is -0.145. The van der Waals surface area contributed by atoms with E-state index in [9.17, 15) is 0 Å². The van der Waals surface area contributed by atoms with Crippen LogP contribution in [0.4, 0.5) is 0 Å². The number of imidazole rings is 1. The third-order valence-corrected chi connectivity index (χ3v) is 4.09. The number of nitrogens with one attached hydrogen (secondary N) is 1. The maximum atomic E-state index is 4.43. The Balaban J connectivity index is 2.20. The van der Waals surface area contributed by atoms with Crippen LogP contribution in [0.2, 0.25) is 0 Å². The maximum absolute atomic E-state index is 4.43. The summed E-state index contributed by atoms with van der Waals surface area (Å²) in [7, 11) is 0. The molecule has 0 saturated carbocycles. The molecule has 0 saturated heterocycles. The van der Waals surface area contributed by atoms with Crippen molar-refractivity contribution in [3.63, 3.8) is 0 Å². The van der Waals surface area contributed by atoms with Crippen LogP contribution < -0.4 is 5.32 Å². The number of aromatic nitrogens is 3. The van der Waals surface area contributed by atoms with Gasteiger partial charge in [0.05, 0.1) is 17.6 Å². The van der Waals surface area contributed by atoms with Gasteiger partial charge in [-0.15, -0.1) is 11.3 Å². The Hall–Kier alpha value is -1.20. The van der Waals surface area contributed by atoms with Gasteiger partial charge in [-0.25, -0.2) is 9.97 Å². The van der Waals surface area contributed by atoms with Gasteiger partial charge in [-0.2, -0.15) is 0 Å². The van der Waals surface area contributed by atoms with Crippen molar-refractivity contribution in [1.82, 2.24) is 19.9 Å². The maximum Gasteiger partial charge on any atom is 0.118 e. The summed E-state index contributed by atoms with van der Waals surface area (Å²) in [5.74, 6) is 0. The largest absolute Gasteiger partial charge is 0.321 e. The molecule has 4 nitrogen and oxygen atoms in total. The molecular weight excluding hydrogens is 244 g/mol. The molecule has 0 fully saturated rings. The third kappa shape index (κ3) is 2.62. The number of nitrogens with zero attached hydrogens (tertiary/aromatic N) is 3. The molecule has 0 aliphatic carbocycles. The summed E-state index contributed by atoms with van der Waals surface area (Å²) in [5, 5.41) is 6.54. The van der Waals surface area contributed by atoms with Crippen LogP contribution in [0.15, 0.2) is 24.1 Å². The average Bonchev–Trinajstić information content (AvgIpc) is 3.01. The summed E-state index contributed by atoms with van der Waals surface area (Å²) in [5.41, 5.74) is 1.05. The molecule has 0 aliphatic rings. The first kappa shape index (κ1) is 13.2. The SMILES string of the molecule is CCCNCc1cncn1C(C)(C)c1nccs1. The van der Waals surface area contributed by atoms with Crippen molar-refractivity contribution < 1.29 is 0 Å². The predicted molar refractivity (Wildman–Crippen MR) is 74.8 cm³/mol. The van der Waals surface area contributed by atoms with Gasteiger partial charge >= 0.3 is 0 Å². The Morgan fingerprint density at radius 2 is 2.28 bits per heavy atom. The van der Waals surface area contributed by atoms with E-state index in [0.717, 1.165) is 24.5 Å². The Kier molecular flexibility index (Phi) is 4.14. The van der Waals surface area contributed by atoms with Gasteiger partial charge in [0.25, 0.3) is 0 Å². The van der Waals surface area contributed by atoms with Crippen LogP contribution in [0.1, 0.15) is 37.9 Å². The lowest BCUT2D eigenvalue weighted by Crippen LogP contribution is -2.30. The molecule has 0 radical (unpaired) electrons. The Labute approximate surface area is 112 Å². The second-order valence-electron chi connectivity index (χ2n) is 4.83. The van der Waals surface area contributed by atoms with Gasteiger partial charge in [0.2, 0.25) is 0 Å². The van der Waals surface area contributed by atoms with Gasteiger partial charge in [0.1, 0.15) is 5.01 Å². The highest BCUT2D eigenvalue weighted by Crippen LogP contribution is 2.28. The molecule has 0 amide bonds. The third-order valence-electron chi connectivity index (χ3n) is 3.01. The van der Waals surface area contributed by atoms with Gasteiger partial charge < -0.3 is 9.88 Å². The summed E-state index contributed by atoms with van der Waals surface area (Å²) in [6, 6.07) is 0. The van der Waals surface area contributed by atoms with Crippen LogP contribution in [0.5, 0.6) is 0 Å². The first-order chi connectivity index (χ1) is 8.66. The molecule has 0 unspecified atom stereocenters. The van der Waals surface area contributed by atoms with Crippen LogP contribution >= 0.6 is 11.3 Å². The van der Waals surface area contributed by atoms with Gasteiger partial charge in [-0.3, -0.25) is 0 Å². The van der Waals surface area contributed by atoms with E-state index < -0.39 is 0 Å². The number of hydrogen-bond acceptors (Lipinski definition) is 4. The summed E-state index contributed by atoms with van der Waals surface area (Å²) in [6.07, 6.45) is 6.82. The van der Waals surface area contributed by atoms with Crippen molar-refractivity contribution >= 4 is 11.3 Å². The first-order valence-corrected chi connectivity index (χ1v) is 7.16. The molecule has 0 bridgehead atoms. The van der Waals surface area contributed by atoms with Gasteiger partial charge in [0.15, 0.2) is 0 Å². The van der Waals surface area contributed by atoms with Crippen LogP contribution in [0.3, 0.4) is 0 Å². The molecule has 18 heavy (non-hydrogen) atoms. The molecule has 0 atom stereocenters. The van der Waals surface area contributed by atoms with Crippen molar-refractivity contribution in [2.75, 3.05) is 6.54 Å². The van der Waals surface area contributed by atoms with E-state index in [4.69, 9.17) is 0 Å². The normalized spacial score (nSPS) is 11.9. The van der Waals surface area contributed by atoms with Crippen LogP contribution in [-0.2, 0) is 12.1 Å². The summed E-state index contributed by atoms with van der Waals surface area (Å²) < 4.78 is 2.20. The summed E-state index contributed by atoms with van der Waals surface area (Å²) >= 11 is 1.69. The highest BCUT2D eigenvalue weighted by atomic mass is 32.1. The fourth-order valence-electron chi connectivity index (χ4n) is 1.98. The van der Waals surface area contributed by atoms with Crippen LogP contribution in [0.25, 0.3) is 0 Å². The molecule has 0 aromatic carbocycles. The van der Waals surface area contributed by atoms with Crippen molar-refractivity contribution in [3.8, 4) is 0 Å². The van der Waals surface area contributed by atoms with Gasteiger partial charge in [0, 0.05) is 24.3 Å². The minimum absolute atomic E-state index is 0.145. The molecule has 2 rings (SSSR count). The zero-order valence-electron chi connectivity index (χ0n) is 11.2. The Bertz CT molecular complexity index is 473. The minimum Gasteiger partial charge on any atom is -0.321 e. The van der Waals surface area contributed by atoms with Crippen molar-refractivity contribution in [2.24, 2.45) is 0 Å². The van der Waals surface area contributed by atoms with Crippen molar-refractivity contribution in [3.05, 3.63) is 34.8 Å². The smallest absolute Gasteiger partial charge is 0.118 e. The molecule has 5 heteroatoms. The second kappa shape index (κ2) is 5.63. The zero-order valence-corrected chi connectivity index (χ0v) is 12.0. The highest BCUT2D eigenvalue weighted by molar-refractivity contribution is 7.09. The topological polar surface area (TPSA) is 42.7 Å². The van der Waals surface area contributed by atoms with E-state index in [1.54, 1.807) is 11.3 Å². The molecule has 98 valence electrons. The van der Waals surface area contributed by atoms with E-state index in [2.05, 4.69) is 40.6 Å². The number of thiazole rings is 1. The number of rotatable bonds is 6. The molecule has 1 N–H and O–H groups in total. The number of hydrogen-bond donors (Lipinski definition) is 1. The highest BCUT2D eigenvalue weighted by Gasteiger charge is 2.27. The monoisotopic (exact) mass is 264 g/mol. The molecule has 2 aromatic rings. The summed E-state index contributed by atoms with van der Waals surface area (Å²) in [6.45, 7) is 8.41. The molecular formula is C13H20N4S. The second-order valence-corrected chi connectivity index (χ2v) is 5.72. The standard InChI is InChI=1S/C13H20N4S/c1-4-5-14-8-11-9-15-10-17(11)13(2,3)12-16-6-7-18-12/h6-7,9-10,14H,4-5,8H2,1-3H3. The fourth-order valence-corrected chi connectivity index (χ4v) is 2.74. The molecule has 2 aromatic heterocycles. The van der Waals surface area contributed by atoms with Crippen LogP contribution in [0, 0.1) is 0 Å². The lowest BCUT2D eigenvalue weighted by Gasteiger charge is -2.26. The first-order valence-electron chi connectivity index (χ1n) is 6.28. The Morgan fingerprint density at radius 3 is 2.94 bits per heavy atom. The molecule has 2 heterocycles. The van der Waals surface area contributed by atoms with E-state index in [-0.39, 0.29) is 5.54 Å². The van der Waals surface area contributed by atoms with Crippen molar-refractivity contribution in [2.45, 2.75) is 39.3 Å². The molecule has 0 spiro atoms. The van der Waals surface area contributed by atoms with Crippen LogP contribution in [-0.4, -0.2) is 21.1 Å². The lowest BCUT2D eigenvalue weighted by atomic mass is 10.1. The Morgan fingerprint density at radius 1 is 1.44 bits per heavy atom. The average molecular weight is 264 g/mol. The lowest BCUT2D eigenvalue weighted by molar-refractivity contribution is 0.414. The van der Waals surface area contributed by atoms with E-state index in [1.165, 1.54) is 5.69 Å². The fraction of sp³-hybridized carbons (Fsp3) is 0.538. The quantitative estimate of drug-likeness (QED) is 0.816. The van der Waals surface area contributed by atoms with Gasteiger partial charge in [-0.1, -0.05) is 6.92 Å². The van der Waals surface area contributed by atoms with Crippen molar-refractivity contribution in [1.29, 1.82) is 0 Å². The molecule has 0 aliphatic heterocycles. The van der Waals surface area contributed by atoms with E-state index in [1.807, 2.05) is 24.1 Å². The predicted octanol–water partition coefficient (Wildman–Crippen LogP) is 2.62. The van der Waals surface area contributed by atoms with E-state index in [0.29, 0.717) is 0 Å².